The van der Waals surface area contributed by atoms with Crippen molar-refractivity contribution in [3.05, 3.63) is 52.5 Å². The van der Waals surface area contributed by atoms with Gasteiger partial charge in [0.15, 0.2) is 5.58 Å². The van der Waals surface area contributed by atoms with E-state index in [1.807, 2.05) is 13.0 Å². The number of aryl methyl sites for hydroxylation is 1. The van der Waals surface area contributed by atoms with Crippen molar-refractivity contribution in [2.45, 2.75) is 6.92 Å². The van der Waals surface area contributed by atoms with E-state index in [1.54, 1.807) is 18.2 Å². The maximum atomic E-state index is 10.9. The van der Waals surface area contributed by atoms with Gasteiger partial charge in [-0.25, -0.2) is 9.78 Å². The molecule has 1 N–H and O–H groups in total. The highest BCUT2D eigenvalue weighted by molar-refractivity contribution is 6.30. The second kappa shape index (κ2) is 4.65. The van der Waals surface area contributed by atoms with Gasteiger partial charge in [-0.1, -0.05) is 17.7 Å². The van der Waals surface area contributed by atoms with Crippen molar-refractivity contribution in [3.63, 3.8) is 0 Å². The van der Waals surface area contributed by atoms with Gasteiger partial charge in [0.2, 0.25) is 5.89 Å². The van der Waals surface area contributed by atoms with Gasteiger partial charge in [0.25, 0.3) is 0 Å². The number of rotatable bonds is 2. The molecule has 0 saturated carbocycles. The number of hydrogen-bond acceptors (Lipinski definition) is 3. The van der Waals surface area contributed by atoms with E-state index in [0.717, 1.165) is 11.1 Å². The number of carboxylic acid groups (broad SMARTS) is 1. The van der Waals surface area contributed by atoms with Gasteiger partial charge in [-0.2, -0.15) is 0 Å². The molecule has 5 heteroatoms. The summed E-state index contributed by atoms with van der Waals surface area (Å²) in [6.45, 7) is 1.93. The number of benzene rings is 2. The average molecular weight is 288 g/mol. The number of carboxylic acids is 1. The van der Waals surface area contributed by atoms with Gasteiger partial charge < -0.3 is 9.52 Å². The topological polar surface area (TPSA) is 63.3 Å². The second-order valence-corrected chi connectivity index (χ2v) is 4.90. The summed E-state index contributed by atoms with van der Waals surface area (Å²) in [4.78, 5) is 15.3. The first kappa shape index (κ1) is 12.7. The highest BCUT2D eigenvalue weighted by atomic mass is 35.5. The van der Waals surface area contributed by atoms with Crippen LogP contribution in [0.5, 0.6) is 0 Å². The van der Waals surface area contributed by atoms with Crippen LogP contribution in [-0.2, 0) is 0 Å². The average Bonchev–Trinajstić information content (AvgIpc) is 2.83. The fourth-order valence-corrected chi connectivity index (χ4v) is 2.17. The summed E-state index contributed by atoms with van der Waals surface area (Å²) >= 11 is 5.99. The zero-order chi connectivity index (χ0) is 14.3. The smallest absolute Gasteiger partial charge is 0.335 e. The van der Waals surface area contributed by atoms with Crippen molar-refractivity contribution in [1.82, 2.24) is 4.98 Å². The first-order valence-electron chi connectivity index (χ1n) is 5.95. The van der Waals surface area contributed by atoms with Crippen LogP contribution in [0.3, 0.4) is 0 Å². The predicted molar refractivity (Wildman–Crippen MR) is 76.2 cm³/mol. The number of carbonyl (C=O) groups is 1. The highest BCUT2D eigenvalue weighted by Gasteiger charge is 2.13. The van der Waals surface area contributed by atoms with Crippen molar-refractivity contribution < 1.29 is 14.3 Å². The number of hydrogen-bond donors (Lipinski definition) is 1. The maximum absolute atomic E-state index is 10.9. The number of oxazole rings is 1. The van der Waals surface area contributed by atoms with Gasteiger partial charge in [0, 0.05) is 10.6 Å². The van der Waals surface area contributed by atoms with Crippen molar-refractivity contribution in [2.24, 2.45) is 0 Å². The monoisotopic (exact) mass is 287 g/mol. The summed E-state index contributed by atoms with van der Waals surface area (Å²) in [5, 5.41) is 9.57. The summed E-state index contributed by atoms with van der Waals surface area (Å²) < 4.78 is 5.65. The lowest BCUT2D eigenvalue weighted by atomic mass is 10.1. The molecule has 3 aromatic rings. The minimum Gasteiger partial charge on any atom is -0.478 e. The normalized spacial score (nSPS) is 10.9. The minimum atomic E-state index is -0.996. The summed E-state index contributed by atoms with van der Waals surface area (Å²) in [5.74, 6) is -0.564. The Kier molecular flexibility index (Phi) is 2.95. The van der Waals surface area contributed by atoms with Crippen LogP contribution < -0.4 is 0 Å². The quantitative estimate of drug-likeness (QED) is 0.769. The third kappa shape index (κ3) is 2.14. The molecule has 0 spiro atoms. The van der Waals surface area contributed by atoms with Gasteiger partial charge >= 0.3 is 5.97 Å². The van der Waals surface area contributed by atoms with E-state index in [4.69, 9.17) is 21.1 Å². The predicted octanol–water partition coefficient (Wildman–Crippen LogP) is 4.15. The van der Waals surface area contributed by atoms with E-state index in [0.29, 0.717) is 22.0 Å². The van der Waals surface area contributed by atoms with Crippen molar-refractivity contribution in [3.8, 4) is 11.5 Å². The molecule has 0 aliphatic heterocycles. The molecular weight excluding hydrogens is 278 g/mol. The molecule has 0 fully saturated rings. The van der Waals surface area contributed by atoms with Gasteiger partial charge in [0.1, 0.15) is 5.52 Å². The van der Waals surface area contributed by atoms with Crippen LogP contribution in [-0.4, -0.2) is 16.1 Å². The van der Waals surface area contributed by atoms with Crippen LogP contribution in [0.4, 0.5) is 0 Å². The number of halogens is 1. The Balaban J connectivity index is 2.17. The molecule has 4 nitrogen and oxygen atoms in total. The molecule has 1 heterocycles. The molecule has 0 bridgehead atoms. The van der Waals surface area contributed by atoms with E-state index in [9.17, 15) is 4.79 Å². The lowest BCUT2D eigenvalue weighted by Crippen LogP contribution is -1.94. The molecule has 0 amide bonds. The molecule has 0 aliphatic carbocycles. The Morgan fingerprint density at radius 2 is 2.05 bits per heavy atom. The lowest BCUT2D eigenvalue weighted by Gasteiger charge is -2.01. The number of fused-ring (bicyclic) bond motifs is 1. The van der Waals surface area contributed by atoms with Gasteiger partial charge in [-0.05, 0) is 42.8 Å². The fraction of sp³-hybridized carbons (Fsp3) is 0.0667. The lowest BCUT2D eigenvalue weighted by molar-refractivity contribution is 0.0697. The first-order valence-corrected chi connectivity index (χ1v) is 6.33. The van der Waals surface area contributed by atoms with Gasteiger partial charge in [-0.15, -0.1) is 0 Å². The zero-order valence-corrected chi connectivity index (χ0v) is 11.3. The molecule has 2 aromatic carbocycles. The highest BCUT2D eigenvalue weighted by Crippen LogP contribution is 2.29. The molecule has 0 saturated heterocycles. The van der Waals surface area contributed by atoms with Crippen molar-refractivity contribution in [1.29, 1.82) is 0 Å². The summed E-state index contributed by atoms with van der Waals surface area (Å²) in [6, 6.07) is 10.1. The number of aromatic nitrogens is 1. The van der Waals surface area contributed by atoms with Crippen LogP contribution in [0.25, 0.3) is 22.6 Å². The molecule has 3 rings (SSSR count). The van der Waals surface area contributed by atoms with E-state index in [-0.39, 0.29) is 5.56 Å². The zero-order valence-electron chi connectivity index (χ0n) is 10.6. The Hall–Kier alpha value is -2.33. The van der Waals surface area contributed by atoms with Crippen LogP contribution in [0.1, 0.15) is 15.9 Å². The fourth-order valence-electron chi connectivity index (χ4n) is 2.00. The standard InChI is InChI=1S/C15H10ClNO3/c1-8-2-4-10(16)7-11(8)14-17-12-5-3-9(15(18)19)6-13(12)20-14/h2-7H,1H3,(H,18,19). The molecule has 0 aliphatic rings. The Bertz CT molecular complexity index is 823. The molecule has 1 aromatic heterocycles. The van der Waals surface area contributed by atoms with Crippen LogP contribution in [0.15, 0.2) is 40.8 Å². The van der Waals surface area contributed by atoms with Crippen molar-refractivity contribution >= 4 is 28.7 Å². The van der Waals surface area contributed by atoms with E-state index in [2.05, 4.69) is 4.98 Å². The minimum absolute atomic E-state index is 0.169. The third-order valence-corrected chi connectivity index (χ3v) is 3.30. The van der Waals surface area contributed by atoms with Crippen molar-refractivity contribution in [2.75, 3.05) is 0 Å². The molecule has 0 radical (unpaired) electrons. The summed E-state index contributed by atoms with van der Waals surface area (Å²) in [6.07, 6.45) is 0. The van der Waals surface area contributed by atoms with Gasteiger partial charge in [0.05, 0.1) is 5.56 Å². The Morgan fingerprint density at radius 1 is 1.25 bits per heavy atom. The largest absolute Gasteiger partial charge is 0.478 e. The first-order chi connectivity index (χ1) is 9.54. The van der Waals surface area contributed by atoms with Gasteiger partial charge in [-0.3, -0.25) is 0 Å². The molecular formula is C15H10ClNO3. The number of aromatic carboxylic acids is 1. The summed E-state index contributed by atoms with van der Waals surface area (Å²) in [7, 11) is 0. The SMILES string of the molecule is Cc1ccc(Cl)cc1-c1nc2ccc(C(=O)O)cc2o1. The summed E-state index contributed by atoms with van der Waals surface area (Å²) in [5.41, 5.74) is 3.01. The Labute approximate surface area is 119 Å². The maximum Gasteiger partial charge on any atom is 0.335 e. The van der Waals surface area contributed by atoms with Crippen LogP contribution in [0.2, 0.25) is 5.02 Å². The van der Waals surface area contributed by atoms with Crippen LogP contribution in [0, 0.1) is 6.92 Å². The van der Waals surface area contributed by atoms with E-state index >= 15 is 0 Å². The van der Waals surface area contributed by atoms with E-state index in [1.165, 1.54) is 12.1 Å². The second-order valence-electron chi connectivity index (χ2n) is 4.47. The Morgan fingerprint density at radius 3 is 2.80 bits per heavy atom. The third-order valence-electron chi connectivity index (χ3n) is 3.07. The molecule has 100 valence electrons. The molecule has 0 unspecified atom stereocenters. The molecule has 20 heavy (non-hydrogen) atoms. The van der Waals surface area contributed by atoms with Crippen LogP contribution >= 0.6 is 11.6 Å². The number of nitrogens with zero attached hydrogens (tertiary/aromatic N) is 1. The molecule has 0 atom stereocenters. The van der Waals surface area contributed by atoms with E-state index < -0.39 is 5.97 Å².